The molecule has 49 heavy (non-hydrogen) atoms. The van der Waals surface area contributed by atoms with Crippen LogP contribution >= 0.6 is 0 Å². The predicted molar refractivity (Wildman–Crippen MR) is 174 cm³/mol. The molecule has 1 fully saturated rings. The Bertz CT molecular complexity index is 1850. The monoisotopic (exact) mass is 674 g/mol. The van der Waals surface area contributed by atoms with Gasteiger partial charge in [0.1, 0.15) is 30.0 Å². The zero-order chi connectivity index (χ0) is 34.4. The number of ether oxygens (including phenoxy) is 3. The number of hydrogen-bond donors (Lipinski definition) is 4. The van der Waals surface area contributed by atoms with Crippen molar-refractivity contribution >= 4 is 34.5 Å². The Labute approximate surface area is 281 Å². The summed E-state index contributed by atoms with van der Waals surface area (Å²) >= 11 is 0. The van der Waals surface area contributed by atoms with E-state index < -0.39 is 54.7 Å². The molecule has 13 heteroatoms. The molecule has 13 nitrogen and oxygen atoms in total. The van der Waals surface area contributed by atoms with E-state index >= 15 is 0 Å². The Morgan fingerprint density at radius 1 is 1.14 bits per heavy atom. The summed E-state index contributed by atoms with van der Waals surface area (Å²) in [6.07, 6.45) is 3.24. The number of aliphatic hydroxyl groups is 3. The van der Waals surface area contributed by atoms with E-state index in [1.165, 1.54) is 0 Å². The summed E-state index contributed by atoms with van der Waals surface area (Å²) in [5, 5.41) is 38.5. The van der Waals surface area contributed by atoms with Gasteiger partial charge in [-0.3, -0.25) is 9.59 Å². The number of nitroso groups, excluding NO2 is 1. The van der Waals surface area contributed by atoms with Gasteiger partial charge in [0.05, 0.1) is 23.8 Å². The van der Waals surface area contributed by atoms with Crippen LogP contribution in [0.3, 0.4) is 0 Å². The summed E-state index contributed by atoms with van der Waals surface area (Å²) in [4.78, 5) is 51.4. The molecule has 7 atom stereocenters. The highest BCUT2D eigenvalue weighted by molar-refractivity contribution is 6.26. The van der Waals surface area contributed by atoms with Gasteiger partial charge < -0.3 is 39.3 Å². The highest BCUT2D eigenvalue weighted by atomic mass is 16.7. The Kier molecular flexibility index (Phi) is 8.96. The van der Waals surface area contributed by atoms with Gasteiger partial charge in [-0.2, -0.15) is 0 Å². The number of ketones is 2. The van der Waals surface area contributed by atoms with Crippen LogP contribution in [0.1, 0.15) is 85.0 Å². The first-order valence-electron chi connectivity index (χ1n) is 16.7. The van der Waals surface area contributed by atoms with E-state index in [1.54, 1.807) is 37.3 Å². The molecule has 4 aliphatic rings. The molecular formula is C36H38N2O11. The maximum atomic E-state index is 13.7. The molecule has 3 aliphatic carbocycles. The lowest BCUT2D eigenvalue weighted by Gasteiger charge is -2.42. The average molecular weight is 675 g/mol. The van der Waals surface area contributed by atoms with E-state index in [0.717, 1.165) is 25.7 Å². The van der Waals surface area contributed by atoms with Crippen LogP contribution in [-0.2, 0) is 25.4 Å². The molecule has 258 valence electrons. The number of aliphatic hydroxyl groups excluding tert-OH is 2. The lowest BCUT2D eigenvalue weighted by Crippen LogP contribution is -2.56. The number of nitrogens with one attached hydrogen (secondary N) is 1. The first-order chi connectivity index (χ1) is 23.6. The van der Waals surface area contributed by atoms with Gasteiger partial charge in [0, 0.05) is 41.0 Å². The van der Waals surface area contributed by atoms with Crippen molar-refractivity contribution in [1.82, 2.24) is 5.32 Å². The second-order valence-corrected chi connectivity index (χ2v) is 13.4. The standard InChI is InChI=1S/C36H38N2O11/c1-18-32(41)25(37-35(43)47-20-8-5-3-2-4-6-9-20)14-29(46-18)48-27-16-36(44,28(40)17-39)15-19-12-24-23(13-22(19)27)31-30-21(33(24)42)10-7-11-26(30)49-34(31)38-45/h5,7-8,10-13,18,20,25,27,29,32,39,41,44H,2-4,6,9,14-17H2,1H3,(H,37,43)/b8-5+/t18-,20?,25+,27-,29-,32+,36-/m0/s1. The van der Waals surface area contributed by atoms with Crippen LogP contribution in [0, 0.1) is 4.91 Å². The maximum Gasteiger partial charge on any atom is 0.408 e. The number of nitrogens with zero attached hydrogens (tertiary/aromatic N) is 1. The smallest absolute Gasteiger partial charge is 0.408 e. The second kappa shape index (κ2) is 13.2. The third-order valence-electron chi connectivity index (χ3n) is 10.1. The van der Waals surface area contributed by atoms with Crippen LogP contribution in [0.25, 0.3) is 22.1 Å². The zero-order valence-electron chi connectivity index (χ0n) is 26.9. The third-order valence-corrected chi connectivity index (χ3v) is 10.1. The fraction of sp³-hybridized carbons (Fsp3) is 0.472. The molecule has 0 radical (unpaired) electrons. The van der Waals surface area contributed by atoms with E-state index in [2.05, 4.69) is 10.5 Å². The number of hydrogen-bond acceptors (Lipinski definition) is 12. The minimum absolute atomic E-state index is 0.0116. The molecule has 0 spiro atoms. The fourth-order valence-corrected chi connectivity index (χ4v) is 7.59. The molecule has 2 heterocycles. The predicted octanol–water partition coefficient (Wildman–Crippen LogP) is 4.82. The third kappa shape index (κ3) is 6.10. The minimum atomic E-state index is -2.03. The number of amides is 1. The number of Topliss-reactive ketones (excluding diaryl/α,β-unsaturated/α-hetero) is 1. The van der Waals surface area contributed by atoms with E-state index in [1.807, 2.05) is 12.2 Å². The van der Waals surface area contributed by atoms with Crippen molar-refractivity contribution in [3.8, 4) is 11.1 Å². The van der Waals surface area contributed by atoms with Crippen molar-refractivity contribution < 1.29 is 48.3 Å². The molecule has 1 saturated heterocycles. The van der Waals surface area contributed by atoms with Gasteiger partial charge in [-0.05, 0) is 73.6 Å². The Morgan fingerprint density at radius 2 is 1.98 bits per heavy atom. The van der Waals surface area contributed by atoms with Crippen LogP contribution in [0.15, 0.2) is 52.1 Å². The van der Waals surface area contributed by atoms with Gasteiger partial charge in [-0.15, -0.1) is 4.91 Å². The van der Waals surface area contributed by atoms with Crippen LogP contribution in [0.5, 0.6) is 0 Å². The summed E-state index contributed by atoms with van der Waals surface area (Å²) in [5.74, 6) is -1.34. The summed E-state index contributed by atoms with van der Waals surface area (Å²) in [6, 6.07) is 7.36. The molecule has 0 bridgehead atoms. The van der Waals surface area contributed by atoms with Crippen molar-refractivity contribution in [3.05, 3.63) is 69.6 Å². The second-order valence-electron chi connectivity index (χ2n) is 13.4. The van der Waals surface area contributed by atoms with Crippen LogP contribution < -0.4 is 5.32 Å². The van der Waals surface area contributed by atoms with E-state index in [-0.39, 0.29) is 42.6 Å². The van der Waals surface area contributed by atoms with Crippen LogP contribution in [-0.4, -0.2) is 75.8 Å². The number of benzene rings is 2. The SMILES string of the molecule is C[C@@H]1O[C@@H](O[C@H]2C[C@](O)(C(=O)CO)Cc3cc4c(cc32)-c2c(N=O)oc3cccc(c23)C4=O)C[C@@H](NC(=O)OC2/C=C/CCCCC2)[C@@H]1O. The van der Waals surface area contributed by atoms with Crippen LogP contribution in [0.2, 0.25) is 0 Å². The van der Waals surface area contributed by atoms with Gasteiger partial charge in [0.25, 0.3) is 5.88 Å². The molecule has 4 N–H and O–H groups in total. The first-order valence-corrected chi connectivity index (χ1v) is 16.7. The van der Waals surface area contributed by atoms with E-state index in [4.69, 9.17) is 18.6 Å². The number of carbonyl (C=O) groups is 3. The van der Waals surface area contributed by atoms with Crippen molar-refractivity contribution in [1.29, 1.82) is 0 Å². The Balaban J connectivity index is 1.20. The molecule has 7 rings (SSSR count). The normalized spacial score (nSPS) is 30.0. The molecule has 0 saturated carbocycles. The number of carbonyl (C=O) groups excluding carboxylic acids is 3. The van der Waals surface area contributed by atoms with Gasteiger partial charge >= 0.3 is 6.09 Å². The molecule has 1 aliphatic heterocycles. The first kappa shape index (κ1) is 33.2. The number of furan rings is 1. The summed E-state index contributed by atoms with van der Waals surface area (Å²) in [6.45, 7) is 0.723. The van der Waals surface area contributed by atoms with Gasteiger partial charge in [-0.25, -0.2) is 4.79 Å². The number of alkyl carbamates (subject to hydrolysis) is 1. The molecule has 1 aromatic heterocycles. The summed E-state index contributed by atoms with van der Waals surface area (Å²) < 4.78 is 23.8. The number of fused-ring (bicyclic) bond motifs is 3. The molecule has 2 aromatic carbocycles. The highest BCUT2D eigenvalue weighted by Gasteiger charge is 2.47. The molecule has 1 unspecified atom stereocenters. The topological polar surface area (TPSA) is 194 Å². The molecule has 1 amide bonds. The minimum Gasteiger partial charge on any atom is -0.442 e. The fourth-order valence-electron chi connectivity index (χ4n) is 7.59. The van der Waals surface area contributed by atoms with Gasteiger partial charge in [0.15, 0.2) is 17.9 Å². The lowest BCUT2D eigenvalue weighted by atomic mass is 9.73. The summed E-state index contributed by atoms with van der Waals surface area (Å²) in [5.41, 5.74) is 0.573. The molecular weight excluding hydrogens is 636 g/mol. The van der Waals surface area contributed by atoms with Crippen molar-refractivity contribution in [2.75, 3.05) is 6.61 Å². The Morgan fingerprint density at radius 3 is 2.78 bits per heavy atom. The largest absolute Gasteiger partial charge is 0.442 e. The molecule has 3 aromatic rings. The Hall–Kier alpha value is -4.27. The van der Waals surface area contributed by atoms with E-state index in [9.17, 15) is 34.6 Å². The summed E-state index contributed by atoms with van der Waals surface area (Å²) in [7, 11) is 0. The average Bonchev–Trinajstić information content (AvgIpc) is 3.45. The van der Waals surface area contributed by atoms with Crippen molar-refractivity contribution in [2.45, 2.75) is 101 Å². The van der Waals surface area contributed by atoms with Crippen LogP contribution in [0.4, 0.5) is 10.7 Å². The quantitative estimate of drug-likeness (QED) is 0.155. The maximum absolute atomic E-state index is 13.7. The number of rotatable bonds is 7. The van der Waals surface area contributed by atoms with E-state index in [0.29, 0.717) is 45.2 Å². The van der Waals surface area contributed by atoms with Crippen molar-refractivity contribution in [3.63, 3.8) is 0 Å². The lowest BCUT2D eigenvalue weighted by molar-refractivity contribution is -0.249. The number of allylic oxidation sites excluding steroid dienone is 1. The van der Waals surface area contributed by atoms with Gasteiger partial charge in [0.2, 0.25) is 0 Å². The van der Waals surface area contributed by atoms with Gasteiger partial charge in [-0.1, -0.05) is 24.6 Å². The zero-order valence-corrected chi connectivity index (χ0v) is 26.9. The van der Waals surface area contributed by atoms with Crippen molar-refractivity contribution in [2.24, 2.45) is 5.18 Å². The highest BCUT2D eigenvalue weighted by Crippen LogP contribution is 2.50.